The van der Waals surface area contributed by atoms with Gasteiger partial charge < -0.3 is 10.5 Å². The van der Waals surface area contributed by atoms with Gasteiger partial charge in [-0.15, -0.1) is 0 Å². The average molecular weight is 300 g/mol. The summed E-state index contributed by atoms with van der Waals surface area (Å²) in [5.41, 5.74) is 5.73. The zero-order valence-electron chi connectivity index (χ0n) is 8.58. The molecule has 0 unspecified atom stereocenters. The smallest absolute Gasteiger partial charge is 0.167 e. The molecule has 0 spiro atoms. The van der Waals surface area contributed by atoms with Gasteiger partial charge in [0.25, 0.3) is 0 Å². The maximum absolute atomic E-state index is 13.4. The molecule has 0 radical (unpaired) electrons. The van der Waals surface area contributed by atoms with Crippen LogP contribution in [0.4, 0.5) is 14.5 Å². The molecule has 2 aromatic carbocycles. The lowest BCUT2D eigenvalue weighted by molar-refractivity contribution is 0.441. The van der Waals surface area contributed by atoms with E-state index in [1.165, 1.54) is 30.3 Å². The molecule has 0 aliphatic rings. The highest BCUT2D eigenvalue weighted by molar-refractivity contribution is 9.10. The number of anilines is 1. The first kappa shape index (κ1) is 11.9. The summed E-state index contributed by atoms with van der Waals surface area (Å²) < 4.78 is 31.9. The zero-order chi connectivity index (χ0) is 12.4. The van der Waals surface area contributed by atoms with Crippen LogP contribution >= 0.6 is 15.9 Å². The lowest BCUT2D eigenvalue weighted by Gasteiger charge is -2.07. The van der Waals surface area contributed by atoms with Crippen molar-refractivity contribution in [3.05, 3.63) is 52.5 Å². The first-order chi connectivity index (χ1) is 8.06. The van der Waals surface area contributed by atoms with Gasteiger partial charge >= 0.3 is 0 Å². The lowest BCUT2D eigenvalue weighted by atomic mass is 10.3. The van der Waals surface area contributed by atoms with Gasteiger partial charge in [0.1, 0.15) is 11.6 Å². The van der Waals surface area contributed by atoms with Crippen molar-refractivity contribution in [1.29, 1.82) is 0 Å². The average Bonchev–Trinajstić information content (AvgIpc) is 2.27. The molecule has 0 atom stereocenters. The molecule has 2 N–H and O–H groups in total. The third-order valence-corrected chi connectivity index (χ3v) is 2.68. The Kier molecular flexibility index (Phi) is 3.28. The number of hydrogen-bond donors (Lipinski definition) is 1. The highest BCUT2D eigenvalue weighted by atomic mass is 79.9. The SMILES string of the molecule is Nc1ccc(Oc2ccc(F)c(Br)c2)c(F)c1. The van der Waals surface area contributed by atoms with Gasteiger partial charge in [-0.05, 0) is 46.3 Å². The summed E-state index contributed by atoms with van der Waals surface area (Å²) in [7, 11) is 0. The van der Waals surface area contributed by atoms with E-state index in [1.807, 2.05) is 0 Å². The first-order valence-corrected chi connectivity index (χ1v) is 5.53. The summed E-state index contributed by atoms with van der Waals surface area (Å²) in [6, 6.07) is 8.17. The second-order valence-electron chi connectivity index (χ2n) is 3.37. The van der Waals surface area contributed by atoms with Crippen LogP contribution in [0.25, 0.3) is 0 Å². The van der Waals surface area contributed by atoms with E-state index in [0.717, 1.165) is 6.07 Å². The maximum Gasteiger partial charge on any atom is 0.167 e. The summed E-state index contributed by atoms with van der Waals surface area (Å²) in [6.45, 7) is 0. The third kappa shape index (κ3) is 2.74. The minimum absolute atomic E-state index is 0.0395. The molecule has 0 saturated heterocycles. The monoisotopic (exact) mass is 299 g/mol. The topological polar surface area (TPSA) is 35.2 Å². The predicted octanol–water partition coefficient (Wildman–Crippen LogP) is 4.10. The van der Waals surface area contributed by atoms with E-state index in [4.69, 9.17) is 10.5 Å². The van der Waals surface area contributed by atoms with Gasteiger partial charge in [0.2, 0.25) is 0 Å². The fourth-order valence-electron chi connectivity index (χ4n) is 1.27. The Morgan fingerprint density at radius 2 is 1.76 bits per heavy atom. The van der Waals surface area contributed by atoms with Gasteiger partial charge in [0.15, 0.2) is 11.6 Å². The Morgan fingerprint density at radius 1 is 1.00 bits per heavy atom. The van der Waals surface area contributed by atoms with Crippen molar-refractivity contribution in [1.82, 2.24) is 0 Å². The van der Waals surface area contributed by atoms with Crippen LogP contribution in [0, 0.1) is 11.6 Å². The fourth-order valence-corrected chi connectivity index (χ4v) is 1.62. The third-order valence-electron chi connectivity index (χ3n) is 2.07. The summed E-state index contributed by atoms with van der Waals surface area (Å²) in [4.78, 5) is 0. The highest BCUT2D eigenvalue weighted by Gasteiger charge is 2.07. The number of hydrogen-bond acceptors (Lipinski definition) is 2. The molecule has 2 aromatic rings. The molecule has 0 fully saturated rings. The van der Waals surface area contributed by atoms with E-state index in [9.17, 15) is 8.78 Å². The number of nitrogens with two attached hydrogens (primary N) is 1. The van der Waals surface area contributed by atoms with Crippen LogP contribution in [-0.4, -0.2) is 0 Å². The van der Waals surface area contributed by atoms with Crippen molar-refractivity contribution in [2.75, 3.05) is 5.73 Å². The molecule has 0 aliphatic heterocycles. The molecule has 17 heavy (non-hydrogen) atoms. The molecule has 0 heterocycles. The van der Waals surface area contributed by atoms with Crippen molar-refractivity contribution in [2.24, 2.45) is 0 Å². The fraction of sp³-hybridized carbons (Fsp3) is 0. The minimum Gasteiger partial charge on any atom is -0.454 e. The number of benzene rings is 2. The van der Waals surface area contributed by atoms with Crippen molar-refractivity contribution >= 4 is 21.6 Å². The van der Waals surface area contributed by atoms with E-state index < -0.39 is 11.6 Å². The van der Waals surface area contributed by atoms with Crippen LogP contribution < -0.4 is 10.5 Å². The number of rotatable bonds is 2. The van der Waals surface area contributed by atoms with Crippen LogP contribution in [-0.2, 0) is 0 Å². The van der Waals surface area contributed by atoms with Gasteiger partial charge in [-0.25, -0.2) is 8.78 Å². The quantitative estimate of drug-likeness (QED) is 0.847. The van der Waals surface area contributed by atoms with Gasteiger partial charge in [-0.1, -0.05) is 0 Å². The first-order valence-electron chi connectivity index (χ1n) is 4.74. The van der Waals surface area contributed by atoms with Crippen molar-refractivity contribution in [2.45, 2.75) is 0 Å². The van der Waals surface area contributed by atoms with E-state index >= 15 is 0 Å². The van der Waals surface area contributed by atoms with Crippen LogP contribution in [0.1, 0.15) is 0 Å². The van der Waals surface area contributed by atoms with E-state index in [-0.39, 0.29) is 10.2 Å². The highest BCUT2D eigenvalue weighted by Crippen LogP contribution is 2.28. The van der Waals surface area contributed by atoms with Crippen LogP contribution in [0.2, 0.25) is 0 Å². The molecule has 0 aromatic heterocycles. The Labute approximate surface area is 105 Å². The summed E-state index contributed by atoms with van der Waals surface area (Å²) in [5, 5.41) is 0. The van der Waals surface area contributed by atoms with Gasteiger partial charge in [-0.2, -0.15) is 0 Å². The normalized spacial score (nSPS) is 10.3. The molecule has 0 amide bonds. The van der Waals surface area contributed by atoms with Crippen LogP contribution in [0.3, 0.4) is 0 Å². The van der Waals surface area contributed by atoms with Crippen molar-refractivity contribution in [3.63, 3.8) is 0 Å². The Balaban J connectivity index is 2.28. The molecule has 0 aliphatic carbocycles. The molecule has 2 nitrogen and oxygen atoms in total. The molecule has 88 valence electrons. The van der Waals surface area contributed by atoms with Crippen molar-refractivity contribution in [3.8, 4) is 11.5 Å². The molecule has 0 saturated carbocycles. The van der Waals surface area contributed by atoms with Gasteiger partial charge in [-0.3, -0.25) is 0 Å². The molecule has 2 rings (SSSR count). The van der Waals surface area contributed by atoms with Gasteiger partial charge in [0, 0.05) is 11.8 Å². The van der Waals surface area contributed by atoms with E-state index in [0.29, 0.717) is 11.4 Å². The van der Waals surface area contributed by atoms with Crippen LogP contribution in [0.5, 0.6) is 11.5 Å². The lowest BCUT2D eigenvalue weighted by Crippen LogP contribution is -1.91. The second kappa shape index (κ2) is 4.71. The Bertz CT molecular complexity index is 560. The number of nitrogen functional groups attached to an aromatic ring is 1. The van der Waals surface area contributed by atoms with Crippen molar-refractivity contribution < 1.29 is 13.5 Å². The maximum atomic E-state index is 13.4. The standard InChI is InChI=1S/C12H8BrF2NO/c13-9-6-8(2-3-10(9)14)17-12-4-1-7(16)5-11(12)15/h1-6H,16H2. The summed E-state index contributed by atoms with van der Waals surface area (Å²) in [5.74, 6) is -0.597. The van der Waals surface area contributed by atoms with Crippen LogP contribution in [0.15, 0.2) is 40.9 Å². The molecule has 0 bridgehead atoms. The molecular formula is C12H8BrF2NO. The van der Waals surface area contributed by atoms with Gasteiger partial charge in [0.05, 0.1) is 4.47 Å². The Hall–Kier alpha value is -1.62. The van der Waals surface area contributed by atoms with E-state index in [2.05, 4.69) is 15.9 Å². The molecule has 5 heteroatoms. The summed E-state index contributed by atoms with van der Waals surface area (Å²) >= 11 is 3.02. The predicted molar refractivity (Wildman–Crippen MR) is 65.0 cm³/mol. The Morgan fingerprint density at radius 3 is 2.41 bits per heavy atom. The minimum atomic E-state index is -0.564. The number of halogens is 3. The molecular weight excluding hydrogens is 292 g/mol. The number of ether oxygens (including phenoxy) is 1. The second-order valence-corrected chi connectivity index (χ2v) is 4.22. The van der Waals surface area contributed by atoms with E-state index in [1.54, 1.807) is 0 Å². The largest absolute Gasteiger partial charge is 0.454 e. The zero-order valence-corrected chi connectivity index (χ0v) is 10.2. The summed E-state index contributed by atoms with van der Waals surface area (Å²) in [6.07, 6.45) is 0.